The molecule has 1 aromatic rings. The van der Waals surface area contributed by atoms with E-state index in [0.717, 1.165) is 50.6 Å². The van der Waals surface area contributed by atoms with E-state index >= 15 is 0 Å². The first-order chi connectivity index (χ1) is 10.1. The summed E-state index contributed by atoms with van der Waals surface area (Å²) in [7, 11) is 0. The number of nitrogens with zero attached hydrogens (tertiary/aromatic N) is 1. The number of hydrogen-bond donors (Lipinski definition) is 2. The first-order valence-corrected chi connectivity index (χ1v) is 6.74. The van der Waals surface area contributed by atoms with Crippen molar-refractivity contribution < 1.29 is 19.4 Å². The molecule has 1 fully saturated rings. The van der Waals surface area contributed by atoms with Gasteiger partial charge < -0.3 is 15.2 Å². The van der Waals surface area contributed by atoms with Crippen LogP contribution in [0.5, 0.6) is 0 Å². The van der Waals surface area contributed by atoms with E-state index in [9.17, 15) is 9.59 Å². The van der Waals surface area contributed by atoms with Crippen LogP contribution in [-0.2, 0) is 20.9 Å². The topological polar surface area (TPSA) is 78.9 Å². The van der Waals surface area contributed by atoms with Crippen molar-refractivity contribution in [1.82, 2.24) is 4.90 Å². The van der Waals surface area contributed by atoms with E-state index in [4.69, 9.17) is 9.84 Å². The van der Waals surface area contributed by atoms with Crippen LogP contribution in [0.25, 0.3) is 0 Å². The molecule has 1 aliphatic heterocycles. The summed E-state index contributed by atoms with van der Waals surface area (Å²) in [6.07, 6.45) is 1.80. The normalized spacial score (nSPS) is 16.0. The number of nitrogens with one attached hydrogen (secondary N) is 1. The number of carboxylic acids is 1. The van der Waals surface area contributed by atoms with Crippen molar-refractivity contribution in [1.29, 1.82) is 0 Å². The first-order valence-electron chi connectivity index (χ1n) is 6.74. The Bertz CT molecular complexity index is 519. The summed E-state index contributed by atoms with van der Waals surface area (Å²) in [4.78, 5) is 24.1. The van der Waals surface area contributed by atoms with Crippen LogP contribution < -0.4 is 5.32 Å². The van der Waals surface area contributed by atoms with E-state index in [-0.39, 0.29) is 0 Å². The zero-order valence-corrected chi connectivity index (χ0v) is 11.6. The number of hydrogen-bond acceptors (Lipinski definition) is 4. The smallest absolute Gasteiger partial charge is 0.328 e. The van der Waals surface area contributed by atoms with E-state index < -0.39 is 11.9 Å². The van der Waals surface area contributed by atoms with Gasteiger partial charge >= 0.3 is 5.97 Å². The van der Waals surface area contributed by atoms with Gasteiger partial charge in [-0.15, -0.1) is 0 Å². The van der Waals surface area contributed by atoms with Crippen LogP contribution in [0.3, 0.4) is 0 Å². The Hall–Kier alpha value is -2.18. The lowest BCUT2D eigenvalue weighted by Crippen LogP contribution is -2.35. The Balaban J connectivity index is 1.86. The van der Waals surface area contributed by atoms with Gasteiger partial charge in [0.25, 0.3) is 0 Å². The third-order valence-electron chi connectivity index (χ3n) is 3.11. The van der Waals surface area contributed by atoms with Gasteiger partial charge in [-0.2, -0.15) is 0 Å². The Morgan fingerprint density at radius 3 is 2.48 bits per heavy atom. The number of ether oxygens (including phenoxy) is 1. The average Bonchev–Trinajstić information content (AvgIpc) is 2.48. The third-order valence-corrected chi connectivity index (χ3v) is 3.11. The zero-order chi connectivity index (χ0) is 15.1. The molecule has 0 aromatic heterocycles. The van der Waals surface area contributed by atoms with Crippen molar-refractivity contribution in [3.05, 3.63) is 42.0 Å². The molecule has 1 aliphatic rings. The fourth-order valence-corrected chi connectivity index (χ4v) is 2.04. The van der Waals surface area contributed by atoms with E-state index in [0.29, 0.717) is 5.69 Å². The van der Waals surface area contributed by atoms with E-state index in [1.165, 1.54) is 0 Å². The van der Waals surface area contributed by atoms with E-state index in [1.807, 2.05) is 24.3 Å². The molecule has 1 amide bonds. The van der Waals surface area contributed by atoms with Crippen LogP contribution in [0.2, 0.25) is 0 Å². The van der Waals surface area contributed by atoms with Crippen LogP contribution >= 0.6 is 0 Å². The largest absolute Gasteiger partial charge is 0.478 e. The Labute approximate surface area is 123 Å². The highest BCUT2D eigenvalue weighted by molar-refractivity contribution is 6.02. The molecule has 1 saturated heterocycles. The van der Waals surface area contributed by atoms with Crippen molar-refractivity contribution in [3.63, 3.8) is 0 Å². The zero-order valence-electron chi connectivity index (χ0n) is 11.6. The van der Waals surface area contributed by atoms with Gasteiger partial charge in [-0.05, 0) is 17.7 Å². The maximum atomic E-state index is 11.4. The number of carbonyl (C=O) groups excluding carboxylic acids is 1. The SMILES string of the molecule is O=C(O)/C=C/C(=O)Nc1ccc(CN2CCOCC2)cc1. The van der Waals surface area contributed by atoms with Crippen LogP contribution in [0.15, 0.2) is 36.4 Å². The van der Waals surface area contributed by atoms with Gasteiger partial charge in [-0.25, -0.2) is 4.79 Å². The van der Waals surface area contributed by atoms with Gasteiger partial charge in [0.2, 0.25) is 5.91 Å². The summed E-state index contributed by atoms with van der Waals surface area (Å²) in [6.45, 7) is 4.25. The first kappa shape index (κ1) is 15.2. The third kappa shape index (κ3) is 5.37. The van der Waals surface area contributed by atoms with Crippen molar-refractivity contribution in [2.24, 2.45) is 0 Å². The molecule has 2 N–H and O–H groups in total. The second kappa shape index (κ2) is 7.56. The second-order valence-corrected chi connectivity index (χ2v) is 4.75. The number of carboxylic acid groups (broad SMARTS) is 1. The lowest BCUT2D eigenvalue weighted by Gasteiger charge is -2.26. The highest BCUT2D eigenvalue weighted by Gasteiger charge is 2.10. The molecule has 6 heteroatoms. The molecule has 6 nitrogen and oxygen atoms in total. The molecule has 1 heterocycles. The van der Waals surface area contributed by atoms with Crippen molar-refractivity contribution >= 4 is 17.6 Å². The Morgan fingerprint density at radius 2 is 1.86 bits per heavy atom. The van der Waals surface area contributed by atoms with Crippen molar-refractivity contribution in [2.75, 3.05) is 31.6 Å². The standard InChI is InChI=1S/C15H18N2O4/c18-14(5-6-15(19)20)16-13-3-1-12(2-4-13)11-17-7-9-21-10-8-17/h1-6H,7-11H2,(H,16,18)(H,19,20)/b6-5+. The molecular weight excluding hydrogens is 272 g/mol. The van der Waals surface area contributed by atoms with Gasteiger partial charge in [0.1, 0.15) is 0 Å². The lowest BCUT2D eigenvalue weighted by molar-refractivity contribution is -0.131. The molecule has 0 atom stereocenters. The molecule has 2 rings (SSSR count). The monoisotopic (exact) mass is 290 g/mol. The Morgan fingerprint density at radius 1 is 1.19 bits per heavy atom. The molecule has 0 unspecified atom stereocenters. The number of rotatable bonds is 5. The molecule has 0 saturated carbocycles. The highest BCUT2D eigenvalue weighted by Crippen LogP contribution is 2.12. The maximum absolute atomic E-state index is 11.4. The Kier molecular flexibility index (Phi) is 5.48. The van der Waals surface area contributed by atoms with Crippen LogP contribution in [0.4, 0.5) is 5.69 Å². The minimum Gasteiger partial charge on any atom is -0.478 e. The molecule has 21 heavy (non-hydrogen) atoms. The minimum absolute atomic E-state index is 0.460. The molecule has 1 aromatic carbocycles. The van der Waals surface area contributed by atoms with Crippen molar-refractivity contribution in [3.8, 4) is 0 Å². The minimum atomic E-state index is -1.15. The summed E-state index contributed by atoms with van der Waals surface area (Å²) in [6, 6.07) is 7.52. The molecule has 0 aliphatic carbocycles. The van der Waals surface area contributed by atoms with Crippen LogP contribution in [0, 0.1) is 0 Å². The number of benzene rings is 1. The van der Waals surface area contributed by atoms with Crippen molar-refractivity contribution in [2.45, 2.75) is 6.54 Å². The molecule has 0 bridgehead atoms. The highest BCUT2D eigenvalue weighted by atomic mass is 16.5. The maximum Gasteiger partial charge on any atom is 0.328 e. The number of amides is 1. The van der Waals surface area contributed by atoms with Gasteiger partial charge in [-0.1, -0.05) is 12.1 Å². The summed E-state index contributed by atoms with van der Waals surface area (Å²) in [5.74, 6) is -1.61. The average molecular weight is 290 g/mol. The van der Waals surface area contributed by atoms with Gasteiger partial charge in [0, 0.05) is 37.5 Å². The fraction of sp³-hybridized carbons (Fsp3) is 0.333. The molecule has 0 radical (unpaired) electrons. The molecular formula is C15H18N2O4. The second-order valence-electron chi connectivity index (χ2n) is 4.75. The van der Waals surface area contributed by atoms with Gasteiger partial charge in [-0.3, -0.25) is 9.69 Å². The lowest BCUT2D eigenvalue weighted by atomic mass is 10.2. The summed E-state index contributed by atoms with van der Waals surface area (Å²) >= 11 is 0. The summed E-state index contributed by atoms with van der Waals surface area (Å²) in [5.41, 5.74) is 1.80. The van der Waals surface area contributed by atoms with E-state index in [1.54, 1.807) is 0 Å². The predicted molar refractivity (Wildman–Crippen MR) is 77.9 cm³/mol. The fourth-order valence-electron chi connectivity index (χ4n) is 2.04. The number of carbonyl (C=O) groups is 2. The number of aliphatic carboxylic acids is 1. The van der Waals surface area contributed by atoms with Crippen LogP contribution in [-0.4, -0.2) is 48.2 Å². The quantitative estimate of drug-likeness (QED) is 0.794. The number of morpholine rings is 1. The summed E-state index contributed by atoms with van der Waals surface area (Å²) in [5, 5.41) is 11.0. The number of anilines is 1. The van der Waals surface area contributed by atoms with E-state index in [2.05, 4.69) is 10.2 Å². The van der Waals surface area contributed by atoms with Crippen LogP contribution in [0.1, 0.15) is 5.56 Å². The predicted octanol–water partition coefficient (Wildman–Crippen LogP) is 1.10. The summed E-state index contributed by atoms with van der Waals surface area (Å²) < 4.78 is 5.30. The van der Waals surface area contributed by atoms with Gasteiger partial charge in [0.15, 0.2) is 0 Å². The molecule has 0 spiro atoms. The molecule has 112 valence electrons. The van der Waals surface area contributed by atoms with Gasteiger partial charge in [0.05, 0.1) is 13.2 Å².